The van der Waals surface area contributed by atoms with E-state index >= 15 is 0 Å². The molecule has 0 atom stereocenters. The van der Waals surface area contributed by atoms with E-state index in [0.29, 0.717) is 12.3 Å². The van der Waals surface area contributed by atoms with Gasteiger partial charge in [-0.1, -0.05) is 18.2 Å². The molecule has 0 bridgehead atoms. The first kappa shape index (κ1) is 12.1. The first-order chi connectivity index (χ1) is 8.29. The van der Waals surface area contributed by atoms with Crippen LogP contribution in [0, 0.1) is 0 Å². The van der Waals surface area contributed by atoms with E-state index in [2.05, 4.69) is 4.98 Å². The van der Waals surface area contributed by atoms with Gasteiger partial charge in [0.05, 0.1) is 5.88 Å². The number of benzene rings is 1. The second kappa shape index (κ2) is 5.80. The Hall–Kier alpha value is -1.39. The molecule has 5 heteroatoms. The molecule has 0 N–H and O–H groups in total. The zero-order valence-electron chi connectivity index (χ0n) is 8.93. The fourth-order valence-corrected chi connectivity index (χ4v) is 2.08. The van der Waals surface area contributed by atoms with Crippen LogP contribution in [0.25, 0.3) is 0 Å². The van der Waals surface area contributed by atoms with Crippen LogP contribution in [0.3, 0.4) is 0 Å². The molecule has 1 aromatic heterocycles. The second-order valence-corrected chi connectivity index (χ2v) is 4.49. The van der Waals surface area contributed by atoms with Crippen LogP contribution in [0.15, 0.2) is 35.7 Å². The Morgan fingerprint density at radius 2 is 2.12 bits per heavy atom. The summed E-state index contributed by atoms with van der Waals surface area (Å²) in [5.41, 5.74) is 0.414. The first-order valence-corrected chi connectivity index (χ1v) is 6.42. The monoisotopic (exact) mass is 267 g/mol. The number of ketones is 1. The number of rotatable bonds is 5. The molecule has 1 heterocycles. The first-order valence-electron chi connectivity index (χ1n) is 5.01. The lowest BCUT2D eigenvalue weighted by Gasteiger charge is -2.02. The summed E-state index contributed by atoms with van der Waals surface area (Å²) in [6, 6.07) is 9.48. The molecule has 17 heavy (non-hydrogen) atoms. The number of thiazole rings is 1. The predicted octanol–water partition coefficient (Wildman–Crippen LogP) is 3.14. The Bertz CT molecular complexity index is 498. The lowest BCUT2D eigenvalue weighted by atomic mass is 10.3. The van der Waals surface area contributed by atoms with Crippen LogP contribution in [-0.4, -0.2) is 16.6 Å². The third kappa shape index (κ3) is 3.28. The SMILES string of the molecule is O=C(CCl)c1csc(COc2ccccc2)n1. The molecule has 88 valence electrons. The van der Waals surface area contributed by atoms with Gasteiger partial charge in [-0.25, -0.2) is 4.98 Å². The maximum Gasteiger partial charge on any atom is 0.196 e. The van der Waals surface area contributed by atoms with Crippen LogP contribution < -0.4 is 4.74 Å². The molecule has 0 aliphatic heterocycles. The summed E-state index contributed by atoms with van der Waals surface area (Å²) < 4.78 is 5.52. The summed E-state index contributed by atoms with van der Waals surface area (Å²) >= 11 is 6.85. The third-order valence-corrected chi connectivity index (χ3v) is 3.13. The van der Waals surface area contributed by atoms with Gasteiger partial charge in [0.25, 0.3) is 0 Å². The summed E-state index contributed by atoms with van der Waals surface area (Å²) in [4.78, 5) is 15.4. The topological polar surface area (TPSA) is 39.2 Å². The van der Waals surface area contributed by atoms with Crippen molar-refractivity contribution in [3.63, 3.8) is 0 Å². The van der Waals surface area contributed by atoms with E-state index in [1.807, 2.05) is 30.3 Å². The minimum Gasteiger partial charge on any atom is -0.486 e. The van der Waals surface area contributed by atoms with Crippen molar-refractivity contribution in [3.8, 4) is 5.75 Å². The summed E-state index contributed by atoms with van der Waals surface area (Å²) in [5, 5.41) is 2.47. The van der Waals surface area contributed by atoms with Crippen molar-refractivity contribution in [3.05, 3.63) is 46.4 Å². The van der Waals surface area contributed by atoms with Crippen molar-refractivity contribution >= 4 is 28.7 Å². The molecular weight excluding hydrogens is 258 g/mol. The molecule has 0 saturated heterocycles. The number of aromatic nitrogens is 1. The average Bonchev–Trinajstić information content (AvgIpc) is 2.85. The molecule has 0 aliphatic rings. The van der Waals surface area contributed by atoms with E-state index in [0.717, 1.165) is 10.8 Å². The number of nitrogens with zero attached hydrogens (tertiary/aromatic N) is 1. The minimum atomic E-state index is -0.158. The molecule has 0 radical (unpaired) electrons. The van der Waals surface area contributed by atoms with Crippen LogP contribution in [0.1, 0.15) is 15.5 Å². The van der Waals surface area contributed by atoms with Gasteiger partial charge in [-0.15, -0.1) is 22.9 Å². The minimum absolute atomic E-state index is 0.0390. The summed E-state index contributed by atoms with van der Waals surface area (Å²) in [6.45, 7) is 0.365. The zero-order valence-corrected chi connectivity index (χ0v) is 10.5. The van der Waals surface area contributed by atoms with Crippen molar-refractivity contribution in [1.82, 2.24) is 4.98 Å². The molecule has 2 aromatic rings. The highest BCUT2D eigenvalue weighted by Gasteiger charge is 2.09. The highest BCUT2D eigenvalue weighted by atomic mass is 35.5. The van der Waals surface area contributed by atoms with E-state index in [1.54, 1.807) is 5.38 Å². The smallest absolute Gasteiger partial charge is 0.196 e. The number of para-hydroxylation sites is 1. The van der Waals surface area contributed by atoms with Gasteiger partial charge in [0.1, 0.15) is 23.1 Å². The van der Waals surface area contributed by atoms with Gasteiger partial charge in [0.2, 0.25) is 0 Å². The van der Waals surface area contributed by atoms with Gasteiger partial charge in [0.15, 0.2) is 5.78 Å². The molecule has 0 unspecified atom stereocenters. The zero-order chi connectivity index (χ0) is 12.1. The van der Waals surface area contributed by atoms with Crippen molar-refractivity contribution in [2.24, 2.45) is 0 Å². The van der Waals surface area contributed by atoms with E-state index < -0.39 is 0 Å². The summed E-state index contributed by atoms with van der Waals surface area (Å²) in [6.07, 6.45) is 0. The third-order valence-electron chi connectivity index (χ3n) is 2.06. The van der Waals surface area contributed by atoms with Crippen LogP contribution in [0.5, 0.6) is 5.75 Å². The number of halogens is 1. The molecule has 0 fully saturated rings. The van der Waals surface area contributed by atoms with Crippen LogP contribution >= 0.6 is 22.9 Å². The molecule has 0 aliphatic carbocycles. The number of hydrogen-bond donors (Lipinski definition) is 0. The Kier molecular flexibility index (Phi) is 4.12. The van der Waals surface area contributed by atoms with Gasteiger partial charge in [0, 0.05) is 5.38 Å². The number of hydrogen-bond acceptors (Lipinski definition) is 4. The number of carbonyl (C=O) groups excluding carboxylic acids is 1. The normalized spacial score (nSPS) is 10.2. The van der Waals surface area contributed by atoms with Gasteiger partial charge < -0.3 is 4.74 Å². The molecule has 3 nitrogen and oxygen atoms in total. The number of carbonyl (C=O) groups is 1. The van der Waals surface area contributed by atoms with Gasteiger partial charge in [-0.05, 0) is 12.1 Å². The Morgan fingerprint density at radius 1 is 1.35 bits per heavy atom. The maximum absolute atomic E-state index is 11.3. The number of alkyl halides is 1. The van der Waals surface area contributed by atoms with Gasteiger partial charge in [-0.2, -0.15) is 0 Å². The number of Topliss-reactive ketones (excluding diaryl/α,β-unsaturated/α-hetero) is 1. The van der Waals surface area contributed by atoms with Crippen molar-refractivity contribution in [2.45, 2.75) is 6.61 Å². The lowest BCUT2D eigenvalue weighted by Crippen LogP contribution is -2.01. The summed E-state index contributed by atoms with van der Waals surface area (Å²) in [7, 11) is 0. The van der Waals surface area contributed by atoms with E-state index in [4.69, 9.17) is 16.3 Å². The second-order valence-electron chi connectivity index (χ2n) is 3.29. The van der Waals surface area contributed by atoms with E-state index in [-0.39, 0.29) is 11.7 Å². The Balaban J connectivity index is 1.96. The van der Waals surface area contributed by atoms with E-state index in [1.165, 1.54) is 11.3 Å². The fourth-order valence-electron chi connectivity index (χ4n) is 1.24. The molecule has 1 aromatic carbocycles. The molecule has 0 saturated carbocycles. The van der Waals surface area contributed by atoms with Crippen LogP contribution in [-0.2, 0) is 6.61 Å². The van der Waals surface area contributed by atoms with Crippen molar-refractivity contribution in [1.29, 1.82) is 0 Å². The van der Waals surface area contributed by atoms with Gasteiger partial charge >= 0.3 is 0 Å². The fraction of sp³-hybridized carbons (Fsp3) is 0.167. The average molecular weight is 268 g/mol. The Labute approximate surface area is 108 Å². The highest BCUT2D eigenvalue weighted by molar-refractivity contribution is 7.09. The van der Waals surface area contributed by atoms with Crippen LogP contribution in [0.4, 0.5) is 0 Å². The molecular formula is C12H10ClNO2S. The lowest BCUT2D eigenvalue weighted by molar-refractivity contribution is 0.101. The predicted molar refractivity (Wildman–Crippen MR) is 67.9 cm³/mol. The summed E-state index contributed by atoms with van der Waals surface area (Å²) in [5.74, 6) is 0.588. The molecule has 0 amide bonds. The Morgan fingerprint density at radius 3 is 2.82 bits per heavy atom. The largest absolute Gasteiger partial charge is 0.486 e. The van der Waals surface area contributed by atoms with Crippen LogP contribution in [0.2, 0.25) is 0 Å². The molecule has 2 rings (SSSR count). The maximum atomic E-state index is 11.3. The van der Waals surface area contributed by atoms with Crippen molar-refractivity contribution in [2.75, 3.05) is 5.88 Å². The standard InChI is InChI=1S/C12H10ClNO2S/c13-6-11(15)10-8-17-12(14-10)7-16-9-4-2-1-3-5-9/h1-5,8H,6-7H2. The quantitative estimate of drug-likeness (QED) is 0.617. The van der Waals surface area contributed by atoms with E-state index in [9.17, 15) is 4.79 Å². The number of ether oxygens (including phenoxy) is 1. The van der Waals surface area contributed by atoms with Crippen molar-refractivity contribution < 1.29 is 9.53 Å². The molecule has 0 spiro atoms. The highest BCUT2D eigenvalue weighted by Crippen LogP contribution is 2.15. The van der Waals surface area contributed by atoms with Gasteiger partial charge in [-0.3, -0.25) is 4.79 Å².